The number of para-hydroxylation sites is 1. The third-order valence-corrected chi connectivity index (χ3v) is 3.44. The third-order valence-electron chi connectivity index (χ3n) is 3.14. The van der Waals surface area contributed by atoms with E-state index >= 15 is 0 Å². The summed E-state index contributed by atoms with van der Waals surface area (Å²) in [7, 11) is 0. The fourth-order valence-corrected chi connectivity index (χ4v) is 2.01. The molecule has 5 heteroatoms. The number of phenolic OH excluding ortho intramolecular Hbond substituents is 1. The molecule has 4 nitrogen and oxygen atoms in total. The Morgan fingerprint density at radius 3 is 2.61 bits per heavy atom. The lowest BCUT2D eigenvalue weighted by molar-refractivity contribution is -0.108. The van der Waals surface area contributed by atoms with E-state index in [1.54, 1.807) is 43.3 Å². The molecule has 0 aliphatic rings. The fourth-order valence-electron chi connectivity index (χ4n) is 1.95. The van der Waals surface area contributed by atoms with E-state index in [-0.39, 0.29) is 17.9 Å². The molecule has 118 valence electrons. The lowest BCUT2D eigenvalue weighted by Crippen LogP contribution is -2.05. The van der Waals surface area contributed by atoms with Gasteiger partial charge in [0.1, 0.15) is 17.9 Å². The second-order valence-electron chi connectivity index (χ2n) is 4.94. The number of allylic oxidation sites excluding steroid dienone is 1. The molecule has 0 saturated heterocycles. The molecule has 0 aliphatic heterocycles. The molecular formula is C18H15ClO4. The van der Waals surface area contributed by atoms with Gasteiger partial charge in [-0.15, -0.1) is 0 Å². The summed E-state index contributed by atoms with van der Waals surface area (Å²) < 4.78 is 5.19. The van der Waals surface area contributed by atoms with Gasteiger partial charge in [-0.1, -0.05) is 30.3 Å². The molecule has 2 rings (SSSR count). The van der Waals surface area contributed by atoms with Gasteiger partial charge in [0, 0.05) is 5.57 Å². The monoisotopic (exact) mass is 330 g/mol. The molecule has 0 fully saturated rings. The number of carbonyl (C=O) groups excluding carboxylic acids is 2. The first kappa shape index (κ1) is 16.8. The summed E-state index contributed by atoms with van der Waals surface area (Å²) >= 11 is 5.40. The Balaban J connectivity index is 2.07. The van der Waals surface area contributed by atoms with Crippen LogP contribution in [0.5, 0.6) is 5.75 Å². The van der Waals surface area contributed by atoms with Gasteiger partial charge in [-0.2, -0.15) is 0 Å². The number of halogens is 1. The van der Waals surface area contributed by atoms with Crippen molar-refractivity contribution >= 4 is 28.9 Å². The number of benzene rings is 2. The SMILES string of the molecule is C/C(=C/c1cccc(COC(=O)c2ccccc2O)c1)C(=O)Cl. The average Bonchev–Trinajstić information content (AvgIpc) is 2.53. The Kier molecular flexibility index (Phi) is 5.55. The molecular weight excluding hydrogens is 316 g/mol. The Hall–Kier alpha value is -2.59. The van der Waals surface area contributed by atoms with Gasteiger partial charge in [-0.3, -0.25) is 4.79 Å². The Bertz CT molecular complexity index is 765. The van der Waals surface area contributed by atoms with Crippen molar-refractivity contribution in [2.24, 2.45) is 0 Å². The minimum absolute atomic E-state index is 0.0583. The first-order valence-corrected chi connectivity index (χ1v) is 7.27. The maximum atomic E-state index is 11.9. The molecule has 23 heavy (non-hydrogen) atoms. The van der Waals surface area contributed by atoms with E-state index in [2.05, 4.69) is 0 Å². The first-order valence-electron chi connectivity index (χ1n) is 6.89. The largest absolute Gasteiger partial charge is 0.507 e. The van der Waals surface area contributed by atoms with Crippen LogP contribution >= 0.6 is 11.6 Å². The van der Waals surface area contributed by atoms with Gasteiger partial charge in [0.25, 0.3) is 0 Å². The summed E-state index contributed by atoms with van der Waals surface area (Å²) in [5, 5.41) is 9.11. The summed E-state index contributed by atoms with van der Waals surface area (Å²) in [6, 6.07) is 13.4. The Morgan fingerprint density at radius 2 is 1.91 bits per heavy atom. The van der Waals surface area contributed by atoms with Crippen molar-refractivity contribution in [3.63, 3.8) is 0 Å². The number of aromatic hydroxyl groups is 1. The topological polar surface area (TPSA) is 63.6 Å². The number of hydrogen-bond acceptors (Lipinski definition) is 4. The Morgan fingerprint density at radius 1 is 1.17 bits per heavy atom. The predicted molar refractivity (Wildman–Crippen MR) is 88.2 cm³/mol. The van der Waals surface area contributed by atoms with Crippen molar-refractivity contribution in [2.75, 3.05) is 0 Å². The van der Waals surface area contributed by atoms with Gasteiger partial charge in [-0.05, 0) is 53.9 Å². The van der Waals surface area contributed by atoms with Crippen LogP contribution in [0.4, 0.5) is 0 Å². The number of rotatable bonds is 5. The van der Waals surface area contributed by atoms with E-state index in [1.165, 1.54) is 12.1 Å². The molecule has 0 bridgehead atoms. The molecule has 0 heterocycles. The van der Waals surface area contributed by atoms with Crippen molar-refractivity contribution in [1.82, 2.24) is 0 Å². The van der Waals surface area contributed by atoms with Crippen molar-refractivity contribution in [1.29, 1.82) is 0 Å². The second kappa shape index (κ2) is 7.61. The third kappa shape index (κ3) is 4.69. The minimum atomic E-state index is -0.601. The number of esters is 1. The van der Waals surface area contributed by atoms with E-state index in [0.29, 0.717) is 5.57 Å². The fraction of sp³-hybridized carbons (Fsp3) is 0.111. The molecule has 0 spiro atoms. The smallest absolute Gasteiger partial charge is 0.342 e. The maximum absolute atomic E-state index is 11.9. The van der Waals surface area contributed by atoms with Crippen LogP contribution < -0.4 is 0 Å². The normalized spacial score (nSPS) is 11.1. The number of phenols is 1. The highest BCUT2D eigenvalue weighted by Crippen LogP contribution is 2.18. The standard InChI is InChI=1S/C18H15ClO4/c1-12(17(19)21)9-13-5-4-6-14(10-13)11-23-18(22)15-7-2-3-8-16(15)20/h2-10,20H,11H2,1H3/b12-9-. The molecule has 0 atom stereocenters. The molecule has 0 amide bonds. The van der Waals surface area contributed by atoms with E-state index in [9.17, 15) is 14.7 Å². The molecule has 2 aromatic carbocycles. The van der Waals surface area contributed by atoms with Gasteiger partial charge in [0.2, 0.25) is 5.24 Å². The van der Waals surface area contributed by atoms with Crippen LogP contribution in [-0.2, 0) is 16.1 Å². The number of ether oxygens (including phenoxy) is 1. The van der Waals surface area contributed by atoms with Gasteiger partial charge < -0.3 is 9.84 Å². The quantitative estimate of drug-likeness (QED) is 0.513. The van der Waals surface area contributed by atoms with Crippen molar-refractivity contribution in [2.45, 2.75) is 13.5 Å². The highest BCUT2D eigenvalue weighted by Gasteiger charge is 2.11. The zero-order valence-electron chi connectivity index (χ0n) is 12.5. The van der Waals surface area contributed by atoms with Gasteiger partial charge >= 0.3 is 5.97 Å². The van der Waals surface area contributed by atoms with Crippen LogP contribution in [0.15, 0.2) is 54.1 Å². The summed E-state index contributed by atoms with van der Waals surface area (Å²) in [4.78, 5) is 23.0. The van der Waals surface area contributed by atoms with Crippen molar-refractivity contribution in [3.8, 4) is 5.75 Å². The highest BCUT2D eigenvalue weighted by molar-refractivity contribution is 6.68. The molecule has 0 aliphatic carbocycles. The Labute approximate surface area is 139 Å². The lowest BCUT2D eigenvalue weighted by atomic mass is 10.1. The van der Waals surface area contributed by atoms with Crippen LogP contribution in [0.25, 0.3) is 6.08 Å². The minimum Gasteiger partial charge on any atom is -0.507 e. The molecule has 0 radical (unpaired) electrons. The van der Waals surface area contributed by atoms with E-state index < -0.39 is 11.2 Å². The molecule has 2 aromatic rings. The van der Waals surface area contributed by atoms with Gasteiger partial charge in [0.15, 0.2) is 0 Å². The van der Waals surface area contributed by atoms with Crippen LogP contribution in [0.1, 0.15) is 28.4 Å². The molecule has 0 saturated carbocycles. The summed E-state index contributed by atoms with van der Waals surface area (Å²) in [5.41, 5.74) is 2.09. The molecule has 0 unspecified atom stereocenters. The van der Waals surface area contributed by atoms with Crippen LogP contribution in [0, 0.1) is 0 Å². The van der Waals surface area contributed by atoms with Gasteiger partial charge in [0.05, 0.1) is 0 Å². The first-order chi connectivity index (χ1) is 11.0. The zero-order valence-corrected chi connectivity index (χ0v) is 13.2. The summed E-state index contributed by atoms with van der Waals surface area (Å²) in [6.07, 6.45) is 1.66. The van der Waals surface area contributed by atoms with E-state index in [0.717, 1.165) is 11.1 Å². The number of hydrogen-bond donors (Lipinski definition) is 1. The highest BCUT2D eigenvalue weighted by atomic mass is 35.5. The van der Waals surface area contributed by atoms with Crippen molar-refractivity contribution < 1.29 is 19.4 Å². The summed E-state index contributed by atoms with van der Waals surface area (Å²) in [6.45, 7) is 1.68. The molecule has 0 aromatic heterocycles. The summed E-state index contributed by atoms with van der Waals surface area (Å²) in [5.74, 6) is -0.721. The van der Waals surface area contributed by atoms with Crippen LogP contribution in [-0.4, -0.2) is 16.3 Å². The van der Waals surface area contributed by atoms with Crippen LogP contribution in [0.3, 0.4) is 0 Å². The van der Waals surface area contributed by atoms with Crippen LogP contribution in [0.2, 0.25) is 0 Å². The lowest BCUT2D eigenvalue weighted by Gasteiger charge is -2.07. The van der Waals surface area contributed by atoms with Crippen molar-refractivity contribution in [3.05, 3.63) is 70.8 Å². The zero-order chi connectivity index (χ0) is 16.8. The maximum Gasteiger partial charge on any atom is 0.342 e. The predicted octanol–water partition coefficient (Wildman–Crippen LogP) is 3.92. The second-order valence-corrected chi connectivity index (χ2v) is 5.28. The molecule has 1 N–H and O–H groups in total. The van der Waals surface area contributed by atoms with E-state index in [1.807, 2.05) is 6.07 Å². The average molecular weight is 331 g/mol. The number of carbonyl (C=O) groups is 2. The van der Waals surface area contributed by atoms with E-state index in [4.69, 9.17) is 16.3 Å². The van der Waals surface area contributed by atoms with Gasteiger partial charge in [-0.25, -0.2) is 4.79 Å².